The van der Waals surface area contributed by atoms with Crippen LogP contribution in [0.5, 0.6) is 0 Å². The molecule has 19 heavy (non-hydrogen) atoms. The van der Waals surface area contributed by atoms with Gasteiger partial charge in [-0.3, -0.25) is 14.5 Å². The molecule has 1 unspecified atom stereocenters. The molecule has 2 rings (SSSR count). The zero-order valence-corrected chi connectivity index (χ0v) is 11.0. The number of imide groups is 1. The predicted octanol–water partition coefficient (Wildman–Crippen LogP) is 0.629. The molecule has 0 aromatic heterocycles. The summed E-state index contributed by atoms with van der Waals surface area (Å²) >= 11 is 4.70. The number of carbonyl (C=O) groups excluding carboxylic acids is 2. The first kappa shape index (κ1) is 13.4. The lowest BCUT2D eigenvalue weighted by atomic mass is 10.1. The van der Waals surface area contributed by atoms with Gasteiger partial charge < -0.3 is 11.1 Å². The fourth-order valence-electron chi connectivity index (χ4n) is 1.87. The molecular weight excluding hydrogens is 269 g/mol. The molecule has 0 radical (unpaired) electrons. The molecule has 0 spiro atoms. The fourth-order valence-corrected chi connectivity index (χ4v) is 2.04. The van der Waals surface area contributed by atoms with Gasteiger partial charge in [0.2, 0.25) is 5.91 Å². The van der Waals surface area contributed by atoms with E-state index in [2.05, 4.69) is 5.32 Å². The Morgan fingerprint density at radius 3 is 2.68 bits per heavy atom. The Bertz CT molecular complexity index is 576. The summed E-state index contributed by atoms with van der Waals surface area (Å²) in [6, 6.07) is 3.54. The highest BCUT2D eigenvalue weighted by Gasteiger charge is 2.35. The molecule has 2 amide bonds. The van der Waals surface area contributed by atoms with Crippen molar-refractivity contribution >= 4 is 34.7 Å². The van der Waals surface area contributed by atoms with Crippen LogP contribution >= 0.6 is 12.2 Å². The van der Waals surface area contributed by atoms with Gasteiger partial charge in [-0.25, -0.2) is 4.39 Å². The zero-order chi connectivity index (χ0) is 14.2. The summed E-state index contributed by atoms with van der Waals surface area (Å²) in [6.45, 7) is 0. The van der Waals surface area contributed by atoms with Gasteiger partial charge in [0, 0.05) is 18.3 Å². The number of hydrogen-bond donors (Lipinski definition) is 2. The Kier molecular flexibility index (Phi) is 3.48. The van der Waals surface area contributed by atoms with Gasteiger partial charge in [-0.15, -0.1) is 0 Å². The molecular formula is C12H12FN3O2S. The number of halogens is 1. The summed E-state index contributed by atoms with van der Waals surface area (Å²) in [7, 11) is 1.42. The second-order valence-corrected chi connectivity index (χ2v) is 4.69. The first-order valence-corrected chi connectivity index (χ1v) is 5.97. The first-order valence-electron chi connectivity index (χ1n) is 5.56. The Hall–Kier alpha value is -2.02. The number of nitrogens with zero attached hydrogens (tertiary/aromatic N) is 1. The van der Waals surface area contributed by atoms with E-state index >= 15 is 0 Å². The maximum atomic E-state index is 13.7. The Morgan fingerprint density at radius 1 is 1.53 bits per heavy atom. The van der Waals surface area contributed by atoms with Gasteiger partial charge in [-0.1, -0.05) is 12.2 Å². The molecule has 1 aromatic rings. The molecule has 0 aliphatic carbocycles. The lowest BCUT2D eigenvalue weighted by Crippen LogP contribution is -2.31. The minimum atomic E-state index is -0.660. The van der Waals surface area contributed by atoms with Crippen LogP contribution in [0.1, 0.15) is 12.0 Å². The van der Waals surface area contributed by atoms with E-state index in [0.29, 0.717) is 5.69 Å². The Balaban J connectivity index is 2.17. The molecule has 1 fully saturated rings. The number of nitrogens with two attached hydrogens (primary N) is 1. The third-order valence-electron chi connectivity index (χ3n) is 2.96. The number of likely N-dealkylation sites (tertiary alicyclic amines) is 1. The van der Waals surface area contributed by atoms with Crippen molar-refractivity contribution in [2.75, 3.05) is 12.4 Å². The number of thiocarbonyl (C=S) groups is 1. The first-order chi connectivity index (χ1) is 8.90. The average Bonchev–Trinajstić information content (AvgIpc) is 2.57. The average molecular weight is 281 g/mol. The summed E-state index contributed by atoms with van der Waals surface area (Å²) in [6.07, 6.45) is 0.0635. The van der Waals surface area contributed by atoms with E-state index < -0.39 is 11.9 Å². The smallest absolute Gasteiger partial charge is 0.251 e. The summed E-state index contributed by atoms with van der Waals surface area (Å²) in [5.41, 5.74) is 5.90. The van der Waals surface area contributed by atoms with Crippen molar-refractivity contribution in [3.05, 3.63) is 29.6 Å². The highest BCUT2D eigenvalue weighted by atomic mass is 32.1. The topological polar surface area (TPSA) is 75.4 Å². The minimum Gasteiger partial charge on any atom is -0.389 e. The van der Waals surface area contributed by atoms with Gasteiger partial charge in [0.15, 0.2) is 0 Å². The summed E-state index contributed by atoms with van der Waals surface area (Å²) in [5.74, 6) is -1.16. The molecule has 1 atom stereocenters. The van der Waals surface area contributed by atoms with Crippen LogP contribution in [0.4, 0.5) is 10.1 Å². The number of amides is 2. The van der Waals surface area contributed by atoms with Gasteiger partial charge >= 0.3 is 0 Å². The largest absolute Gasteiger partial charge is 0.389 e. The molecule has 1 aromatic carbocycles. The standard InChI is InChI=1S/C12H12FN3O2S/c1-16-10(17)5-9(12(16)18)15-6-2-3-7(11(14)19)8(13)4-6/h2-4,9,15H,5H2,1H3,(H2,14,19). The van der Waals surface area contributed by atoms with Crippen molar-refractivity contribution in [1.29, 1.82) is 0 Å². The van der Waals surface area contributed by atoms with E-state index in [1.807, 2.05) is 0 Å². The molecule has 5 nitrogen and oxygen atoms in total. The van der Waals surface area contributed by atoms with Crippen LogP contribution in [0, 0.1) is 5.82 Å². The number of likely N-dealkylation sites (N-methyl/N-ethyl adjacent to an activating group) is 1. The summed E-state index contributed by atoms with van der Waals surface area (Å²) in [5, 5.41) is 2.82. The van der Waals surface area contributed by atoms with Gasteiger partial charge in [0.1, 0.15) is 16.8 Å². The zero-order valence-electron chi connectivity index (χ0n) is 10.1. The number of carbonyl (C=O) groups is 2. The highest BCUT2D eigenvalue weighted by Crippen LogP contribution is 2.19. The molecule has 1 heterocycles. The van der Waals surface area contributed by atoms with E-state index in [1.54, 1.807) is 6.07 Å². The van der Waals surface area contributed by atoms with Crippen molar-refractivity contribution < 1.29 is 14.0 Å². The molecule has 1 saturated heterocycles. The highest BCUT2D eigenvalue weighted by molar-refractivity contribution is 7.80. The van der Waals surface area contributed by atoms with E-state index in [4.69, 9.17) is 18.0 Å². The monoisotopic (exact) mass is 281 g/mol. The van der Waals surface area contributed by atoms with E-state index in [9.17, 15) is 14.0 Å². The molecule has 0 bridgehead atoms. The number of nitrogens with one attached hydrogen (secondary N) is 1. The second-order valence-electron chi connectivity index (χ2n) is 4.25. The van der Waals surface area contributed by atoms with E-state index in [1.165, 1.54) is 19.2 Å². The predicted molar refractivity (Wildman–Crippen MR) is 72.1 cm³/mol. The molecule has 3 N–H and O–H groups in total. The normalized spacial score (nSPS) is 18.8. The number of anilines is 1. The summed E-state index contributed by atoms with van der Waals surface area (Å²) < 4.78 is 13.7. The van der Waals surface area contributed by atoms with Crippen molar-refractivity contribution in [3.63, 3.8) is 0 Å². The third kappa shape index (κ3) is 2.55. The fraction of sp³-hybridized carbons (Fsp3) is 0.250. The van der Waals surface area contributed by atoms with Crippen molar-refractivity contribution in [2.45, 2.75) is 12.5 Å². The maximum absolute atomic E-state index is 13.7. The number of hydrogen-bond acceptors (Lipinski definition) is 4. The van der Waals surface area contributed by atoms with Crippen LogP contribution in [0.3, 0.4) is 0 Å². The second kappa shape index (κ2) is 4.93. The molecule has 1 aliphatic rings. The molecule has 1 aliphatic heterocycles. The van der Waals surface area contributed by atoms with Crippen LogP contribution in [0.25, 0.3) is 0 Å². The molecule has 100 valence electrons. The van der Waals surface area contributed by atoms with E-state index in [-0.39, 0.29) is 28.8 Å². The van der Waals surface area contributed by atoms with Crippen molar-refractivity contribution in [1.82, 2.24) is 4.90 Å². The minimum absolute atomic E-state index is 0.0316. The van der Waals surface area contributed by atoms with Gasteiger partial charge in [0.05, 0.1) is 6.42 Å². The lowest BCUT2D eigenvalue weighted by Gasteiger charge is -2.13. The third-order valence-corrected chi connectivity index (χ3v) is 3.18. The molecule has 0 saturated carbocycles. The van der Waals surface area contributed by atoms with Crippen LogP contribution < -0.4 is 11.1 Å². The van der Waals surface area contributed by atoms with E-state index in [0.717, 1.165) is 4.90 Å². The molecule has 7 heteroatoms. The SMILES string of the molecule is CN1C(=O)CC(Nc2ccc(C(N)=S)c(F)c2)C1=O. The van der Waals surface area contributed by atoms with Crippen LogP contribution in [-0.2, 0) is 9.59 Å². The lowest BCUT2D eigenvalue weighted by molar-refractivity contribution is -0.136. The van der Waals surface area contributed by atoms with Crippen LogP contribution in [0.15, 0.2) is 18.2 Å². The van der Waals surface area contributed by atoms with Gasteiger partial charge in [-0.05, 0) is 18.2 Å². The Morgan fingerprint density at radius 2 is 2.21 bits per heavy atom. The van der Waals surface area contributed by atoms with Gasteiger partial charge in [0.25, 0.3) is 5.91 Å². The maximum Gasteiger partial charge on any atom is 0.251 e. The summed E-state index contributed by atoms with van der Waals surface area (Å²) in [4.78, 5) is 24.1. The van der Waals surface area contributed by atoms with Gasteiger partial charge in [-0.2, -0.15) is 0 Å². The number of benzene rings is 1. The quantitative estimate of drug-likeness (QED) is 0.628. The number of rotatable bonds is 3. The van der Waals surface area contributed by atoms with Crippen molar-refractivity contribution in [2.24, 2.45) is 5.73 Å². The van der Waals surface area contributed by atoms with Crippen molar-refractivity contribution in [3.8, 4) is 0 Å². The Labute approximate surface area is 114 Å². The van der Waals surface area contributed by atoms with Crippen LogP contribution in [-0.4, -0.2) is 34.8 Å². The van der Waals surface area contributed by atoms with Crippen LogP contribution in [0.2, 0.25) is 0 Å².